The zero-order valence-corrected chi connectivity index (χ0v) is 20.7. The van der Waals surface area contributed by atoms with E-state index in [0.717, 1.165) is 30.9 Å². The predicted octanol–water partition coefficient (Wildman–Crippen LogP) is 5.69. The van der Waals surface area contributed by atoms with Crippen LogP contribution in [0.3, 0.4) is 0 Å². The quantitative estimate of drug-likeness (QED) is 0.252. The van der Waals surface area contributed by atoms with E-state index in [1.807, 2.05) is 54.5 Å². The summed E-state index contributed by atoms with van der Waals surface area (Å²) >= 11 is 1.39. The van der Waals surface area contributed by atoms with Gasteiger partial charge in [-0.05, 0) is 30.9 Å². The Labute approximate surface area is 205 Å². The molecule has 2 aromatic rings. The smallest absolute Gasteiger partial charge is 0.331 e. The zero-order valence-electron chi connectivity index (χ0n) is 19.0. The zero-order chi connectivity index (χ0) is 24.7. The van der Waals surface area contributed by atoms with Crippen LogP contribution in [0, 0.1) is 0 Å². The number of aliphatic carboxylic acids is 1. The molecule has 0 aliphatic carbocycles. The molecule has 0 saturated heterocycles. The molecule has 1 aliphatic rings. The lowest BCUT2D eigenvalue weighted by atomic mass is 10.1. The summed E-state index contributed by atoms with van der Waals surface area (Å²) in [6.07, 6.45) is 3.46. The Balaban J connectivity index is 2.17. The molecule has 0 bridgehead atoms. The molecule has 184 valence electrons. The number of hydrogen-bond acceptors (Lipinski definition) is 5. The van der Waals surface area contributed by atoms with Crippen molar-refractivity contribution in [1.82, 2.24) is 4.31 Å². The molecule has 0 amide bonds. The van der Waals surface area contributed by atoms with Crippen LogP contribution in [0.25, 0.3) is 0 Å². The van der Waals surface area contributed by atoms with Gasteiger partial charge >= 0.3 is 5.97 Å². The number of carbonyl (C=O) groups is 1. The van der Waals surface area contributed by atoms with Crippen molar-refractivity contribution in [2.75, 3.05) is 24.2 Å². The van der Waals surface area contributed by atoms with Crippen LogP contribution < -0.4 is 9.64 Å². The fourth-order valence-corrected chi connectivity index (χ4v) is 5.88. The van der Waals surface area contributed by atoms with Crippen LogP contribution in [-0.2, 0) is 15.8 Å². The predicted molar refractivity (Wildman–Crippen MR) is 132 cm³/mol. The molecule has 0 saturated carbocycles. The van der Waals surface area contributed by atoms with Crippen molar-refractivity contribution in [1.29, 1.82) is 0 Å². The van der Waals surface area contributed by atoms with E-state index in [-0.39, 0.29) is 6.04 Å². The lowest BCUT2D eigenvalue weighted by Crippen LogP contribution is -2.43. The van der Waals surface area contributed by atoms with Gasteiger partial charge in [0.15, 0.2) is 0 Å². The van der Waals surface area contributed by atoms with E-state index >= 15 is 0 Å². The van der Waals surface area contributed by atoms with E-state index in [0.29, 0.717) is 34.2 Å². The van der Waals surface area contributed by atoms with Crippen molar-refractivity contribution in [3.05, 3.63) is 54.8 Å². The Hall–Kier alpha value is -2.43. The highest BCUT2D eigenvalue weighted by Crippen LogP contribution is 2.42. The molecule has 1 heterocycles. The molecule has 0 fully saturated rings. The molecule has 2 unspecified atom stereocenters. The van der Waals surface area contributed by atoms with Gasteiger partial charge in [-0.1, -0.05) is 38.0 Å². The summed E-state index contributed by atoms with van der Waals surface area (Å²) in [5.74, 6) is -0.852. The minimum atomic E-state index is -2.64. The molecule has 10 heteroatoms. The number of fused-ring (bicyclic) bond motifs is 1. The lowest BCUT2D eigenvalue weighted by Gasteiger charge is -2.31. The van der Waals surface area contributed by atoms with Gasteiger partial charge in [-0.2, -0.15) is 0 Å². The first-order chi connectivity index (χ1) is 16.3. The molecule has 0 aromatic heterocycles. The summed E-state index contributed by atoms with van der Waals surface area (Å²) < 4.78 is 47.8. The van der Waals surface area contributed by atoms with Crippen molar-refractivity contribution in [3.63, 3.8) is 0 Å². The Morgan fingerprint density at radius 2 is 2.06 bits per heavy atom. The van der Waals surface area contributed by atoms with Crippen LogP contribution in [0.15, 0.2) is 64.6 Å². The first kappa shape index (κ1) is 26.2. The second-order valence-electron chi connectivity index (χ2n) is 7.71. The third-order valence-electron chi connectivity index (χ3n) is 5.42. The average Bonchev–Trinajstić information content (AvgIpc) is 2.92. The van der Waals surface area contributed by atoms with Gasteiger partial charge in [-0.25, -0.2) is 22.1 Å². The van der Waals surface area contributed by atoms with Crippen LogP contribution in [0.1, 0.15) is 26.2 Å². The molecule has 1 N–H and O–H groups in total. The van der Waals surface area contributed by atoms with Crippen molar-refractivity contribution in [2.24, 2.45) is 0 Å². The van der Waals surface area contributed by atoms with Gasteiger partial charge in [0.2, 0.25) is 0 Å². The van der Waals surface area contributed by atoms with E-state index in [4.69, 9.17) is 9.84 Å². The van der Waals surface area contributed by atoms with Crippen LogP contribution in [-0.4, -0.2) is 51.4 Å². The highest BCUT2D eigenvalue weighted by molar-refractivity contribution is 7.98. The summed E-state index contributed by atoms with van der Waals surface area (Å²) in [6, 6.07) is 12.6. The van der Waals surface area contributed by atoms with E-state index in [2.05, 4.69) is 0 Å². The van der Waals surface area contributed by atoms with Gasteiger partial charge < -0.3 is 14.7 Å². The van der Waals surface area contributed by atoms with Gasteiger partial charge in [0.25, 0.3) is 6.43 Å². The van der Waals surface area contributed by atoms with E-state index in [1.54, 1.807) is 6.07 Å². The fraction of sp³-hybridized carbons (Fsp3) is 0.375. The Morgan fingerprint density at radius 3 is 2.68 bits per heavy atom. The van der Waals surface area contributed by atoms with Crippen molar-refractivity contribution in [2.45, 2.75) is 48.4 Å². The van der Waals surface area contributed by atoms with Gasteiger partial charge in [0.1, 0.15) is 16.7 Å². The van der Waals surface area contributed by atoms with Crippen LogP contribution in [0.2, 0.25) is 0 Å². The molecule has 0 spiro atoms. The van der Waals surface area contributed by atoms with Crippen LogP contribution >= 0.6 is 11.8 Å². The molecule has 2 atom stereocenters. The van der Waals surface area contributed by atoms with Gasteiger partial charge in [-0.15, -0.1) is 11.8 Å². The van der Waals surface area contributed by atoms with Crippen molar-refractivity contribution >= 4 is 40.1 Å². The molecule has 3 rings (SSSR count). The fourth-order valence-electron chi connectivity index (χ4n) is 3.84. The Morgan fingerprint density at radius 1 is 1.32 bits per heavy atom. The number of carboxylic acids is 1. The number of alkyl halides is 2. The molecule has 0 radical (unpaired) electrons. The van der Waals surface area contributed by atoms with Gasteiger partial charge in [-0.3, -0.25) is 0 Å². The second-order valence-corrected chi connectivity index (χ2v) is 9.97. The maximum absolute atomic E-state index is 13.8. The van der Waals surface area contributed by atoms with Gasteiger partial charge in [0, 0.05) is 24.3 Å². The molecule has 2 aromatic carbocycles. The van der Waals surface area contributed by atoms with Gasteiger partial charge in [0.05, 0.1) is 34.4 Å². The highest BCUT2D eigenvalue weighted by Gasteiger charge is 2.36. The maximum Gasteiger partial charge on any atom is 0.331 e. The number of para-hydroxylation sites is 1. The average molecular weight is 511 g/mol. The first-order valence-electron chi connectivity index (χ1n) is 10.9. The largest absolute Gasteiger partial charge is 0.478 e. The standard InChI is InChI=1S/C24H28F2N2O4S2/c1-3-4-8-18-15-27(17-9-6-5-7-10-17)19-13-21(33-2)20(32-12-11-24(29)30)14-22(19)34(31)28(18)16-23(25)26/h5-7,9-14,18,23H,3-4,8,15-16H2,1-2H3,(H,29,30)/b12-11+. The number of thioether (sulfide) groups is 1. The number of benzene rings is 2. The summed E-state index contributed by atoms with van der Waals surface area (Å²) in [5, 5.41) is 8.86. The van der Waals surface area contributed by atoms with Crippen LogP contribution in [0.5, 0.6) is 5.75 Å². The summed E-state index contributed by atoms with van der Waals surface area (Å²) in [7, 11) is -1.87. The number of carboxylic acid groups (broad SMARTS) is 1. The first-order valence-corrected chi connectivity index (χ1v) is 13.3. The van der Waals surface area contributed by atoms with E-state index in [9.17, 15) is 17.8 Å². The lowest BCUT2D eigenvalue weighted by molar-refractivity contribution is -0.131. The number of anilines is 2. The Bertz CT molecular complexity index is 1040. The molecule has 1 aliphatic heterocycles. The van der Waals surface area contributed by atoms with Crippen LogP contribution in [0.4, 0.5) is 20.2 Å². The minimum absolute atomic E-state index is 0.314. The number of ether oxygens (including phenoxy) is 1. The molecular formula is C24H28F2N2O4S2. The molecule has 34 heavy (non-hydrogen) atoms. The SMILES string of the molecule is CCCCC1CN(c2ccccc2)c2cc(SC)c(O/C=C/C(=O)O)cc2S(=O)N1CC(F)F. The third-order valence-corrected chi connectivity index (χ3v) is 7.76. The van der Waals surface area contributed by atoms with Crippen molar-refractivity contribution in [3.8, 4) is 5.75 Å². The third kappa shape index (κ3) is 6.37. The summed E-state index contributed by atoms with van der Waals surface area (Å²) in [5.41, 5.74) is 1.52. The van der Waals surface area contributed by atoms with E-state index in [1.165, 1.54) is 16.1 Å². The summed E-state index contributed by atoms with van der Waals surface area (Å²) in [4.78, 5) is 13.9. The minimum Gasteiger partial charge on any atom is -0.478 e. The number of unbranched alkanes of at least 4 members (excludes halogenated alkanes) is 1. The topological polar surface area (TPSA) is 70.1 Å². The number of nitrogens with zero attached hydrogens (tertiary/aromatic N) is 2. The summed E-state index contributed by atoms with van der Waals surface area (Å²) in [6.45, 7) is 1.83. The normalized spacial score (nSPS) is 18.8. The second kappa shape index (κ2) is 12.3. The number of rotatable bonds is 10. The molecular weight excluding hydrogens is 482 g/mol. The van der Waals surface area contributed by atoms with Crippen molar-refractivity contribution < 1.29 is 27.6 Å². The Kier molecular flexibility index (Phi) is 9.49. The highest BCUT2D eigenvalue weighted by atomic mass is 32.2. The maximum atomic E-state index is 13.8. The molecule has 6 nitrogen and oxygen atoms in total. The van der Waals surface area contributed by atoms with E-state index < -0.39 is 29.9 Å². The number of halogens is 2. The number of hydrogen-bond donors (Lipinski definition) is 1. The monoisotopic (exact) mass is 510 g/mol.